The normalized spacial score (nSPS) is 12.4. The Hall–Kier alpha value is -5.58. The van der Waals surface area contributed by atoms with E-state index in [2.05, 4.69) is 15.6 Å². The average Bonchev–Trinajstić information content (AvgIpc) is 3.59. The zero-order valence-electron chi connectivity index (χ0n) is 23.9. The molecule has 1 aromatic heterocycles. The van der Waals surface area contributed by atoms with Crippen LogP contribution in [0.4, 0.5) is 0 Å². The number of aryl methyl sites for hydroxylation is 1. The van der Waals surface area contributed by atoms with Crippen LogP contribution in [0.2, 0.25) is 0 Å². The third kappa shape index (κ3) is 7.82. The summed E-state index contributed by atoms with van der Waals surface area (Å²) < 4.78 is 12.5. The Morgan fingerprint density at radius 3 is 2.09 bits per heavy atom. The molecule has 4 aromatic rings. The molecule has 0 fully saturated rings. The molecule has 1 aliphatic rings. The second kappa shape index (κ2) is 14.5. The van der Waals surface area contributed by atoms with Crippen LogP contribution >= 0.6 is 0 Å². The van der Waals surface area contributed by atoms with Gasteiger partial charge in [0, 0.05) is 24.8 Å². The van der Waals surface area contributed by atoms with Crippen molar-refractivity contribution < 1.29 is 28.7 Å². The minimum atomic E-state index is -0.246. The van der Waals surface area contributed by atoms with Gasteiger partial charge in [0.05, 0.1) is 16.8 Å². The number of benzene rings is 3. The van der Waals surface area contributed by atoms with Crippen LogP contribution in [0.25, 0.3) is 0 Å². The summed E-state index contributed by atoms with van der Waals surface area (Å²) in [6.45, 7) is 0.879. The Morgan fingerprint density at radius 2 is 1.45 bits per heavy atom. The van der Waals surface area contributed by atoms with Crippen molar-refractivity contribution >= 4 is 24.0 Å². The highest BCUT2D eigenvalue weighted by Crippen LogP contribution is 2.23. The second-order valence-electron chi connectivity index (χ2n) is 10.1. The van der Waals surface area contributed by atoms with E-state index >= 15 is 0 Å². The number of nitrogens with one attached hydrogen (secondary N) is 1. The van der Waals surface area contributed by atoms with E-state index in [0.29, 0.717) is 60.5 Å². The zero-order chi connectivity index (χ0) is 30.7. The molecule has 0 atom stereocenters. The van der Waals surface area contributed by atoms with Crippen LogP contribution in [-0.4, -0.2) is 57.0 Å². The summed E-state index contributed by atoms with van der Waals surface area (Å²) in [7, 11) is 0. The Morgan fingerprint density at radius 1 is 0.818 bits per heavy atom. The summed E-state index contributed by atoms with van der Waals surface area (Å²) in [6, 6.07) is 21.1. The molecular weight excluding hydrogens is 562 g/mol. The van der Waals surface area contributed by atoms with Gasteiger partial charge in [-0.2, -0.15) is 0 Å². The van der Waals surface area contributed by atoms with Gasteiger partial charge in [0.1, 0.15) is 36.9 Å². The van der Waals surface area contributed by atoms with Gasteiger partial charge in [-0.1, -0.05) is 29.5 Å². The van der Waals surface area contributed by atoms with Crippen molar-refractivity contribution in [2.75, 3.05) is 13.1 Å². The molecule has 0 radical (unpaired) electrons. The average molecular weight is 594 g/mol. The molecule has 5 rings (SSSR count). The number of nitrogens with zero attached hydrogens (tertiary/aromatic N) is 4. The van der Waals surface area contributed by atoms with E-state index in [1.807, 2.05) is 24.3 Å². The highest BCUT2D eigenvalue weighted by Gasteiger charge is 2.34. The molecule has 3 aromatic carbocycles. The Balaban J connectivity index is 0.955. The van der Waals surface area contributed by atoms with E-state index in [1.54, 1.807) is 54.7 Å². The van der Waals surface area contributed by atoms with Crippen molar-refractivity contribution in [1.29, 1.82) is 0 Å². The summed E-state index contributed by atoms with van der Waals surface area (Å²) in [5.74, 6) is 0.568. The number of carbonyl (C=O) groups is 4. The Labute approximate surface area is 254 Å². The van der Waals surface area contributed by atoms with E-state index in [1.165, 1.54) is 22.1 Å². The van der Waals surface area contributed by atoms with Crippen molar-refractivity contribution in [2.24, 2.45) is 0 Å². The highest BCUT2D eigenvalue weighted by atomic mass is 16.5. The number of carbonyl (C=O) groups excluding carboxylic acids is 4. The fourth-order valence-electron chi connectivity index (χ4n) is 4.67. The second-order valence-corrected chi connectivity index (χ2v) is 10.1. The minimum absolute atomic E-state index is 0.0600. The molecule has 0 aliphatic carbocycles. The molecule has 0 bridgehead atoms. The van der Waals surface area contributed by atoms with Crippen molar-refractivity contribution in [3.05, 3.63) is 119 Å². The van der Waals surface area contributed by atoms with Crippen molar-refractivity contribution in [3.63, 3.8) is 0 Å². The molecule has 11 nitrogen and oxygen atoms in total. The standard InChI is InChI=1S/C33H31N5O6/c39-23-25-10-14-28(15-11-25)44-20-19-43-27-12-8-24(9-13-27)16-17-34-31(40)22-37-21-26(35-36-37)5-3-4-18-38-32(41)29-6-1-2-7-30(29)33(38)42/h1-2,6-15,19-21,23H,3-5,16-18,22H2,(H,34,40). The zero-order valence-corrected chi connectivity index (χ0v) is 23.9. The van der Waals surface area contributed by atoms with E-state index in [-0.39, 0.29) is 24.3 Å². The number of fused-ring (bicyclic) bond motifs is 1. The lowest BCUT2D eigenvalue weighted by atomic mass is 10.1. The Bertz CT molecular complexity index is 1610. The largest absolute Gasteiger partial charge is 0.462 e. The van der Waals surface area contributed by atoms with Gasteiger partial charge in [-0.3, -0.25) is 24.1 Å². The van der Waals surface area contributed by atoms with Gasteiger partial charge in [-0.25, -0.2) is 4.68 Å². The summed E-state index contributed by atoms with van der Waals surface area (Å²) in [5.41, 5.74) is 3.28. The topological polar surface area (TPSA) is 133 Å². The van der Waals surface area contributed by atoms with E-state index < -0.39 is 0 Å². The number of aldehydes is 1. The van der Waals surface area contributed by atoms with Crippen molar-refractivity contribution in [1.82, 2.24) is 25.2 Å². The molecule has 1 aliphatic heterocycles. The van der Waals surface area contributed by atoms with E-state index in [0.717, 1.165) is 24.0 Å². The molecule has 44 heavy (non-hydrogen) atoms. The fraction of sp³-hybridized carbons (Fsp3) is 0.212. The fourth-order valence-corrected chi connectivity index (χ4v) is 4.67. The summed E-state index contributed by atoms with van der Waals surface area (Å²) in [6.07, 6.45) is 8.01. The molecule has 0 saturated carbocycles. The van der Waals surface area contributed by atoms with Gasteiger partial charge < -0.3 is 14.8 Å². The van der Waals surface area contributed by atoms with Crippen LogP contribution in [0.15, 0.2) is 91.5 Å². The predicted molar refractivity (Wildman–Crippen MR) is 160 cm³/mol. The summed E-state index contributed by atoms with van der Waals surface area (Å²) in [5, 5.41) is 11.1. The number of aromatic nitrogens is 3. The van der Waals surface area contributed by atoms with Crippen LogP contribution in [0, 0.1) is 0 Å². The van der Waals surface area contributed by atoms with Crippen LogP contribution in [-0.2, 0) is 24.2 Å². The van der Waals surface area contributed by atoms with Crippen LogP contribution in [0.5, 0.6) is 11.5 Å². The monoisotopic (exact) mass is 593 g/mol. The number of rotatable bonds is 15. The first kappa shape index (κ1) is 29.9. The predicted octanol–water partition coefficient (Wildman–Crippen LogP) is 4.00. The maximum Gasteiger partial charge on any atom is 0.261 e. The number of imide groups is 1. The van der Waals surface area contributed by atoms with Gasteiger partial charge in [0.15, 0.2) is 0 Å². The third-order valence-corrected chi connectivity index (χ3v) is 6.97. The van der Waals surface area contributed by atoms with Crippen LogP contribution in [0.1, 0.15) is 55.2 Å². The Kier molecular flexibility index (Phi) is 9.88. The molecule has 224 valence electrons. The number of hydrogen-bond acceptors (Lipinski definition) is 8. The van der Waals surface area contributed by atoms with Crippen LogP contribution < -0.4 is 14.8 Å². The van der Waals surface area contributed by atoms with E-state index in [9.17, 15) is 19.2 Å². The quantitative estimate of drug-likeness (QED) is 0.0947. The van der Waals surface area contributed by atoms with Gasteiger partial charge in [0.2, 0.25) is 5.91 Å². The molecule has 1 N–H and O–H groups in total. The molecule has 2 heterocycles. The molecule has 0 saturated heterocycles. The number of hydrogen-bond donors (Lipinski definition) is 1. The first-order chi connectivity index (χ1) is 21.5. The molecule has 0 spiro atoms. The van der Waals surface area contributed by atoms with Gasteiger partial charge in [0.25, 0.3) is 11.8 Å². The van der Waals surface area contributed by atoms with Crippen LogP contribution in [0.3, 0.4) is 0 Å². The smallest absolute Gasteiger partial charge is 0.261 e. The third-order valence-electron chi connectivity index (χ3n) is 6.97. The lowest BCUT2D eigenvalue weighted by Crippen LogP contribution is -2.30. The van der Waals surface area contributed by atoms with Gasteiger partial charge >= 0.3 is 0 Å². The SMILES string of the molecule is O=Cc1ccc(OC=COc2ccc(CCNC(=O)Cn3cc(CCCCN4C(=O)c5ccccc5C4=O)nn3)cc2)cc1. The van der Waals surface area contributed by atoms with E-state index in [4.69, 9.17) is 9.47 Å². The molecule has 3 amide bonds. The van der Waals surface area contributed by atoms with Gasteiger partial charge in [-0.05, 0) is 79.8 Å². The number of ether oxygens (including phenoxy) is 2. The lowest BCUT2D eigenvalue weighted by molar-refractivity contribution is -0.121. The summed E-state index contributed by atoms with van der Waals surface area (Å²) in [4.78, 5) is 49.3. The van der Waals surface area contributed by atoms with Gasteiger partial charge in [-0.15, -0.1) is 5.10 Å². The van der Waals surface area contributed by atoms with Crippen molar-refractivity contribution in [3.8, 4) is 11.5 Å². The first-order valence-corrected chi connectivity index (χ1v) is 14.2. The summed E-state index contributed by atoms with van der Waals surface area (Å²) >= 11 is 0. The molecule has 11 heteroatoms. The maximum atomic E-state index is 12.5. The highest BCUT2D eigenvalue weighted by molar-refractivity contribution is 6.21. The number of amides is 3. The minimum Gasteiger partial charge on any atom is -0.462 e. The molecule has 0 unspecified atom stereocenters. The number of unbranched alkanes of at least 4 members (excludes halogenated alkanes) is 1. The molecular formula is C33H31N5O6. The first-order valence-electron chi connectivity index (χ1n) is 14.2. The lowest BCUT2D eigenvalue weighted by Gasteiger charge is -2.13. The van der Waals surface area contributed by atoms with Crippen molar-refractivity contribution in [2.45, 2.75) is 32.2 Å². The maximum absolute atomic E-state index is 12.5.